The van der Waals surface area contributed by atoms with Crippen molar-refractivity contribution >= 4 is 50.5 Å². The molecule has 0 unspecified atom stereocenters. The SMILES string of the molecule is Cc1cc2c(cc1F)[nH]c(=S)n2Cc1sccc1Br. The fraction of sp³-hybridized carbons (Fsp3) is 0.154. The number of benzene rings is 1. The predicted molar refractivity (Wildman–Crippen MR) is 82.9 cm³/mol. The largest absolute Gasteiger partial charge is 0.330 e. The molecule has 0 aliphatic rings. The van der Waals surface area contributed by atoms with Gasteiger partial charge in [-0.15, -0.1) is 11.3 Å². The van der Waals surface area contributed by atoms with Gasteiger partial charge in [0.25, 0.3) is 0 Å². The number of rotatable bonds is 2. The van der Waals surface area contributed by atoms with Gasteiger partial charge in [-0.1, -0.05) is 0 Å². The Morgan fingerprint density at radius 2 is 2.26 bits per heavy atom. The number of imidazole rings is 1. The summed E-state index contributed by atoms with van der Waals surface area (Å²) < 4.78 is 17.2. The molecule has 0 atom stereocenters. The number of hydrogen-bond donors (Lipinski definition) is 1. The Morgan fingerprint density at radius 3 is 2.95 bits per heavy atom. The topological polar surface area (TPSA) is 20.7 Å². The Kier molecular flexibility index (Phi) is 3.32. The third-order valence-electron chi connectivity index (χ3n) is 3.05. The molecule has 6 heteroatoms. The second kappa shape index (κ2) is 4.85. The first-order valence-corrected chi connectivity index (χ1v) is 7.75. The summed E-state index contributed by atoms with van der Waals surface area (Å²) in [5.41, 5.74) is 2.30. The van der Waals surface area contributed by atoms with E-state index in [1.165, 1.54) is 10.9 Å². The van der Waals surface area contributed by atoms with Crippen molar-refractivity contribution in [1.82, 2.24) is 9.55 Å². The number of nitrogens with one attached hydrogen (secondary N) is 1. The fourth-order valence-corrected chi connectivity index (χ4v) is 3.76. The van der Waals surface area contributed by atoms with Gasteiger partial charge in [-0.3, -0.25) is 0 Å². The molecule has 0 bridgehead atoms. The summed E-state index contributed by atoms with van der Waals surface area (Å²) in [4.78, 5) is 4.25. The number of aryl methyl sites for hydroxylation is 1. The van der Waals surface area contributed by atoms with Gasteiger partial charge in [-0.05, 0) is 64.2 Å². The lowest BCUT2D eigenvalue weighted by Crippen LogP contribution is -1.98. The summed E-state index contributed by atoms with van der Waals surface area (Å²) in [5, 5.41) is 2.03. The maximum atomic E-state index is 13.6. The van der Waals surface area contributed by atoms with Crippen LogP contribution in [0.1, 0.15) is 10.4 Å². The van der Waals surface area contributed by atoms with Crippen LogP contribution < -0.4 is 0 Å². The highest BCUT2D eigenvalue weighted by atomic mass is 79.9. The number of H-pyrrole nitrogens is 1. The summed E-state index contributed by atoms with van der Waals surface area (Å²) >= 11 is 10.5. The van der Waals surface area contributed by atoms with Gasteiger partial charge < -0.3 is 9.55 Å². The minimum absolute atomic E-state index is 0.215. The van der Waals surface area contributed by atoms with Gasteiger partial charge in [0.1, 0.15) is 5.82 Å². The number of thiophene rings is 1. The molecule has 0 aliphatic carbocycles. The molecule has 3 rings (SSSR count). The van der Waals surface area contributed by atoms with Gasteiger partial charge in [-0.2, -0.15) is 0 Å². The number of halogens is 2. The zero-order valence-corrected chi connectivity index (χ0v) is 13.3. The minimum Gasteiger partial charge on any atom is -0.330 e. The molecule has 1 N–H and O–H groups in total. The number of aromatic amines is 1. The van der Waals surface area contributed by atoms with Crippen LogP contribution in [0, 0.1) is 17.5 Å². The molecule has 0 amide bonds. The second-order valence-corrected chi connectivity index (χ2v) is 6.57. The van der Waals surface area contributed by atoms with Gasteiger partial charge in [-0.25, -0.2) is 4.39 Å². The Labute approximate surface area is 127 Å². The van der Waals surface area contributed by atoms with E-state index in [0.717, 1.165) is 15.5 Å². The second-order valence-electron chi connectivity index (χ2n) is 4.33. The van der Waals surface area contributed by atoms with Crippen LogP contribution in [0.5, 0.6) is 0 Å². The van der Waals surface area contributed by atoms with E-state index in [2.05, 4.69) is 20.9 Å². The molecule has 98 valence electrons. The van der Waals surface area contributed by atoms with E-state index < -0.39 is 0 Å². The summed E-state index contributed by atoms with van der Waals surface area (Å²) in [6.07, 6.45) is 0. The molecular formula is C13H10BrFN2S2. The predicted octanol–water partition coefficient (Wildman–Crippen LogP) is 5.02. The third-order valence-corrected chi connectivity index (χ3v) is 5.28. The smallest absolute Gasteiger partial charge is 0.178 e. The molecule has 0 spiro atoms. The molecule has 0 saturated carbocycles. The van der Waals surface area contributed by atoms with Crippen LogP contribution in [0.25, 0.3) is 11.0 Å². The van der Waals surface area contributed by atoms with Crippen LogP contribution in [0.4, 0.5) is 4.39 Å². The molecule has 2 aromatic heterocycles. The van der Waals surface area contributed by atoms with E-state index in [9.17, 15) is 4.39 Å². The number of fused-ring (bicyclic) bond motifs is 1. The molecular weight excluding hydrogens is 347 g/mol. The zero-order chi connectivity index (χ0) is 13.6. The average molecular weight is 357 g/mol. The van der Waals surface area contributed by atoms with E-state index >= 15 is 0 Å². The Morgan fingerprint density at radius 1 is 1.47 bits per heavy atom. The molecule has 2 heterocycles. The van der Waals surface area contributed by atoms with E-state index in [4.69, 9.17) is 12.2 Å². The van der Waals surface area contributed by atoms with Crippen LogP contribution in [0.3, 0.4) is 0 Å². The van der Waals surface area contributed by atoms with Gasteiger partial charge >= 0.3 is 0 Å². The van der Waals surface area contributed by atoms with Crippen molar-refractivity contribution in [1.29, 1.82) is 0 Å². The Balaban J connectivity index is 2.18. The zero-order valence-electron chi connectivity index (χ0n) is 10.0. The average Bonchev–Trinajstić information content (AvgIpc) is 2.88. The van der Waals surface area contributed by atoms with Gasteiger partial charge in [0, 0.05) is 9.35 Å². The quantitative estimate of drug-likeness (QED) is 0.639. The Hall–Kier alpha value is -0.980. The highest BCUT2D eigenvalue weighted by Crippen LogP contribution is 2.26. The first-order chi connectivity index (χ1) is 9.06. The fourth-order valence-electron chi connectivity index (χ4n) is 2.02. The molecule has 0 fully saturated rings. The Bertz CT molecular complexity index is 816. The lowest BCUT2D eigenvalue weighted by molar-refractivity contribution is 0.620. The van der Waals surface area contributed by atoms with Crippen LogP contribution in [-0.4, -0.2) is 9.55 Å². The lowest BCUT2D eigenvalue weighted by Gasteiger charge is -2.04. The molecule has 0 saturated heterocycles. The summed E-state index contributed by atoms with van der Waals surface area (Å²) in [6, 6.07) is 5.35. The summed E-state index contributed by atoms with van der Waals surface area (Å²) in [5.74, 6) is -0.215. The first kappa shape index (κ1) is 13.0. The van der Waals surface area contributed by atoms with E-state index in [1.807, 2.05) is 22.1 Å². The summed E-state index contributed by atoms with van der Waals surface area (Å²) in [7, 11) is 0. The highest BCUT2D eigenvalue weighted by molar-refractivity contribution is 9.10. The number of aromatic nitrogens is 2. The number of hydrogen-bond acceptors (Lipinski definition) is 2. The van der Waals surface area contributed by atoms with Crippen molar-refractivity contribution in [2.24, 2.45) is 0 Å². The molecule has 0 aliphatic heterocycles. The van der Waals surface area contributed by atoms with E-state index in [-0.39, 0.29) is 5.82 Å². The maximum Gasteiger partial charge on any atom is 0.178 e. The normalized spacial score (nSPS) is 11.3. The van der Waals surface area contributed by atoms with E-state index in [1.54, 1.807) is 18.3 Å². The molecule has 3 aromatic rings. The highest BCUT2D eigenvalue weighted by Gasteiger charge is 2.10. The first-order valence-electron chi connectivity index (χ1n) is 5.67. The van der Waals surface area contributed by atoms with E-state index in [0.29, 0.717) is 16.9 Å². The van der Waals surface area contributed by atoms with Crippen LogP contribution in [0.2, 0.25) is 0 Å². The van der Waals surface area contributed by atoms with Gasteiger partial charge in [0.15, 0.2) is 4.77 Å². The van der Waals surface area contributed by atoms with Gasteiger partial charge in [0.05, 0.1) is 17.6 Å². The standard InChI is InChI=1S/C13H10BrFN2S2/c1-7-4-11-10(5-9(7)15)16-13(18)17(11)6-12-8(14)2-3-19-12/h2-5H,6H2,1H3,(H,16,18). The lowest BCUT2D eigenvalue weighted by atomic mass is 10.2. The molecule has 1 aromatic carbocycles. The monoisotopic (exact) mass is 356 g/mol. The van der Waals surface area contributed by atoms with Crippen molar-refractivity contribution in [3.05, 3.63) is 49.1 Å². The molecule has 19 heavy (non-hydrogen) atoms. The van der Waals surface area contributed by atoms with Crippen molar-refractivity contribution in [3.63, 3.8) is 0 Å². The van der Waals surface area contributed by atoms with Crippen molar-refractivity contribution in [2.45, 2.75) is 13.5 Å². The van der Waals surface area contributed by atoms with Crippen LogP contribution in [-0.2, 0) is 6.54 Å². The van der Waals surface area contributed by atoms with Crippen LogP contribution >= 0.6 is 39.5 Å². The van der Waals surface area contributed by atoms with Crippen molar-refractivity contribution < 1.29 is 4.39 Å². The van der Waals surface area contributed by atoms with Crippen LogP contribution in [0.15, 0.2) is 28.1 Å². The summed E-state index contributed by atoms with van der Waals surface area (Å²) in [6.45, 7) is 2.44. The van der Waals surface area contributed by atoms with Gasteiger partial charge in [0.2, 0.25) is 0 Å². The minimum atomic E-state index is -0.215. The maximum absolute atomic E-state index is 13.6. The van der Waals surface area contributed by atoms with Crippen molar-refractivity contribution in [2.75, 3.05) is 0 Å². The molecule has 2 nitrogen and oxygen atoms in total. The van der Waals surface area contributed by atoms with Crippen molar-refractivity contribution in [3.8, 4) is 0 Å². The number of nitrogens with zero attached hydrogens (tertiary/aromatic N) is 1. The molecule has 0 radical (unpaired) electrons. The third kappa shape index (κ3) is 2.28.